The summed E-state index contributed by atoms with van der Waals surface area (Å²) in [5, 5.41) is 12.9. The maximum atomic E-state index is 12.0. The third kappa shape index (κ3) is 2.17. The van der Waals surface area contributed by atoms with Gasteiger partial charge < -0.3 is 15.4 Å². The summed E-state index contributed by atoms with van der Waals surface area (Å²) >= 11 is 0. The number of amides is 1. The van der Waals surface area contributed by atoms with E-state index in [2.05, 4.69) is 10.3 Å². The molecule has 4 heteroatoms. The van der Waals surface area contributed by atoms with Gasteiger partial charge in [0.1, 0.15) is 0 Å². The molecule has 0 bridgehead atoms. The lowest BCUT2D eigenvalue weighted by Crippen LogP contribution is -2.54. The molecule has 2 atom stereocenters. The molecule has 0 radical (unpaired) electrons. The zero-order valence-corrected chi connectivity index (χ0v) is 9.68. The summed E-state index contributed by atoms with van der Waals surface area (Å²) in [7, 11) is 0. The van der Waals surface area contributed by atoms with Crippen LogP contribution in [-0.2, 0) is 0 Å². The number of aromatic nitrogens is 1. The van der Waals surface area contributed by atoms with Crippen LogP contribution in [0, 0.1) is 0 Å². The van der Waals surface area contributed by atoms with E-state index in [-0.39, 0.29) is 5.91 Å². The molecule has 0 spiro atoms. The highest BCUT2D eigenvalue weighted by Crippen LogP contribution is 2.22. The van der Waals surface area contributed by atoms with Gasteiger partial charge in [-0.25, -0.2) is 0 Å². The Kier molecular flexibility index (Phi) is 3.15. The van der Waals surface area contributed by atoms with Crippen LogP contribution in [0.25, 0.3) is 0 Å². The first-order chi connectivity index (χ1) is 8.18. The molecule has 4 nitrogen and oxygen atoms in total. The van der Waals surface area contributed by atoms with Crippen molar-refractivity contribution in [2.45, 2.75) is 25.0 Å². The van der Waals surface area contributed by atoms with Crippen molar-refractivity contribution >= 4 is 5.91 Å². The topological polar surface area (TPSA) is 65.1 Å². The Balaban J connectivity index is 2.18. The van der Waals surface area contributed by atoms with E-state index in [4.69, 9.17) is 0 Å². The molecular formula is C13H16N2O2. The van der Waals surface area contributed by atoms with E-state index in [0.717, 1.165) is 0 Å². The van der Waals surface area contributed by atoms with E-state index >= 15 is 0 Å². The van der Waals surface area contributed by atoms with Crippen molar-refractivity contribution in [3.05, 3.63) is 48.3 Å². The van der Waals surface area contributed by atoms with E-state index in [1.54, 1.807) is 30.6 Å². The average molecular weight is 232 g/mol. The van der Waals surface area contributed by atoms with Crippen molar-refractivity contribution in [1.29, 1.82) is 0 Å². The Morgan fingerprint density at radius 1 is 1.59 bits per heavy atom. The van der Waals surface area contributed by atoms with E-state index in [9.17, 15) is 9.90 Å². The highest BCUT2D eigenvalue weighted by Gasteiger charge is 2.35. The van der Waals surface area contributed by atoms with Crippen LogP contribution in [0.2, 0.25) is 0 Å². The molecule has 1 aromatic rings. The third-order valence-corrected chi connectivity index (χ3v) is 3.12. The summed E-state index contributed by atoms with van der Waals surface area (Å²) in [6.45, 7) is 1.93. The van der Waals surface area contributed by atoms with E-state index in [1.165, 1.54) is 0 Å². The SMILES string of the molecule is CCC1(NC(=O)c2cc[nH]c2)C=CC=CC1O. The van der Waals surface area contributed by atoms with Gasteiger partial charge in [0.25, 0.3) is 5.91 Å². The molecule has 1 aliphatic carbocycles. The van der Waals surface area contributed by atoms with Crippen LogP contribution in [-0.4, -0.2) is 27.6 Å². The van der Waals surface area contributed by atoms with Crippen molar-refractivity contribution in [2.24, 2.45) is 0 Å². The minimum absolute atomic E-state index is 0.188. The van der Waals surface area contributed by atoms with Gasteiger partial charge in [-0.15, -0.1) is 0 Å². The standard InChI is InChI=1S/C13H16N2O2/c1-2-13(7-4-3-5-11(13)16)15-12(17)10-6-8-14-9-10/h3-9,11,14,16H,2H2,1H3,(H,15,17). The van der Waals surface area contributed by atoms with Crippen LogP contribution < -0.4 is 5.32 Å². The molecule has 1 aromatic heterocycles. The van der Waals surface area contributed by atoms with E-state index in [1.807, 2.05) is 19.1 Å². The number of carbonyl (C=O) groups excluding carboxylic acids is 1. The molecule has 0 aliphatic heterocycles. The van der Waals surface area contributed by atoms with E-state index in [0.29, 0.717) is 12.0 Å². The number of hydrogen-bond acceptors (Lipinski definition) is 2. The van der Waals surface area contributed by atoms with E-state index < -0.39 is 11.6 Å². The van der Waals surface area contributed by atoms with Gasteiger partial charge in [0.2, 0.25) is 0 Å². The van der Waals surface area contributed by atoms with Gasteiger partial charge in [-0.2, -0.15) is 0 Å². The van der Waals surface area contributed by atoms with Crippen molar-refractivity contribution in [3.8, 4) is 0 Å². The molecule has 0 saturated heterocycles. The molecule has 1 aliphatic rings. The van der Waals surface area contributed by atoms with Gasteiger partial charge in [-0.1, -0.05) is 31.2 Å². The minimum atomic E-state index is -0.705. The molecule has 0 saturated carbocycles. The third-order valence-electron chi connectivity index (χ3n) is 3.12. The lowest BCUT2D eigenvalue weighted by Gasteiger charge is -2.35. The molecule has 17 heavy (non-hydrogen) atoms. The molecule has 0 aromatic carbocycles. The quantitative estimate of drug-likeness (QED) is 0.737. The Morgan fingerprint density at radius 2 is 2.41 bits per heavy atom. The van der Waals surface area contributed by atoms with Gasteiger partial charge in [0.15, 0.2) is 0 Å². The van der Waals surface area contributed by atoms with Crippen LogP contribution in [0.3, 0.4) is 0 Å². The lowest BCUT2D eigenvalue weighted by molar-refractivity contribution is 0.0789. The lowest BCUT2D eigenvalue weighted by atomic mass is 9.85. The average Bonchev–Trinajstić information content (AvgIpc) is 2.86. The number of aliphatic hydroxyl groups excluding tert-OH is 1. The predicted molar refractivity (Wildman–Crippen MR) is 65.6 cm³/mol. The Morgan fingerprint density at radius 3 is 3.00 bits per heavy atom. The monoisotopic (exact) mass is 232 g/mol. The second kappa shape index (κ2) is 4.59. The number of aliphatic hydroxyl groups is 1. The summed E-state index contributed by atoms with van der Waals surface area (Å²) < 4.78 is 0. The zero-order valence-electron chi connectivity index (χ0n) is 9.68. The fraction of sp³-hybridized carbons (Fsp3) is 0.308. The fourth-order valence-corrected chi connectivity index (χ4v) is 1.95. The number of nitrogens with one attached hydrogen (secondary N) is 2. The molecule has 2 unspecified atom stereocenters. The molecule has 90 valence electrons. The predicted octanol–water partition coefficient (Wildman–Crippen LogP) is 1.38. The van der Waals surface area contributed by atoms with Gasteiger partial charge in [0.05, 0.1) is 17.2 Å². The smallest absolute Gasteiger partial charge is 0.253 e. The first-order valence-corrected chi connectivity index (χ1v) is 5.67. The van der Waals surface area contributed by atoms with Crippen LogP contribution in [0.4, 0.5) is 0 Å². The summed E-state index contributed by atoms with van der Waals surface area (Å²) in [6.07, 6.45) is 10.4. The van der Waals surface area contributed by atoms with Crippen LogP contribution >= 0.6 is 0 Å². The first-order valence-electron chi connectivity index (χ1n) is 5.67. The van der Waals surface area contributed by atoms with Crippen LogP contribution in [0.15, 0.2) is 42.8 Å². The highest BCUT2D eigenvalue weighted by molar-refractivity contribution is 5.94. The summed E-state index contributed by atoms with van der Waals surface area (Å²) in [6, 6.07) is 1.70. The largest absolute Gasteiger partial charge is 0.386 e. The molecular weight excluding hydrogens is 216 g/mol. The first kappa shape index (κ1) is 11.7. The van der Waals surface area contributed by atoms with Gasteiger partial charge >= 0.3 is 0 Å². The van der Waals surface area contributed by atoms with Crippen LogP contribution in [0.5, 0.6) is 0 Å². The number of aromatic amines is 1. The number of H-pyrrole nitrogens is 1. The Labute approximate surface area is 100 Å². The van der Waals surface area contributed by atoms with Crippen LogP contribution in [0.1, 0.15) is 23.7 Å². The molecule has 1 heterocycles. The normalized spacial score (nSPS) is 27.1. The van der Waals surface area contributed by atoms with Crippen molar-refractivity contribution in [2.75, 3.05) is 0 Å². The molecule has 3 N–H and O–H groups in total. The zero-order chi connectivity index (χ0) is 12.3. The van der Waals surface area contributed by atoms with Gasteiger partial charge in [-0.05, 0) is 12.5 Å². The van der Waals surface area contributed by atoms with Gasteiger partial charge in [-0.3, -0.25) is 4.79 Å². The summed E-state index contributed by atoms with van der Waals surface area (Å²) in [5.41, 5.74) is -0.142. The molecule has 2 rings (SSSR count). The Bertz CT molecular complexity index is 448. The van der Waals surface area contributed by atoms with Crippen molar-refractivity contribution in [1.82, 2.24) is 10.3 Å². The highest BCUT2D eigenvalue weighted by atomic mass is 16.3. The number of allylic oxidation sites excluding steroid dienone is 2. The molecule has 1 amide bonds. The fourth-order valence-electron chi connectivity index (χ4n) is 1.95. The van der Waals surface area contributed by atoms with Crippen molar-refractivity contribution in [3.63, 3.8) is 0 Å². The molecule has 0 fully saturated rings. The Hall–Kier alpha value is -1.81. The number of rotatable bonds is 3. The van der Waals surface area contributed by atoms with Crippen molar-refractivity contribution < 1.29 is 9.90 Å². The maximum Gasteiger partial charge on any atom is 0.253 e. The minimum Gasteiger partial charge on any atom is -0.386 e. The second-order valence-electron chi connectivity index (χ2n) is 4.14. The summed E-state index contributed by atoms with van der Waals surface area (Å²) in [5.74, 6) is -0.188. The number of hydrogen-bond donors (Lipinski definition) is 3. The summed E-state index contributed by atoms with van der Waals surface area (Å²) in [4.78, 5) is 14.8. The second-order valence-corrected chi connectivity index (χ2v) is 4.14. The number of carbonyl (C=O) groups is 1. The van der Waals surface area contributed by atoms with Gasteiger partial charge in [0, 0.05) is 12.4 Å². The maximum absolute atomic E-state index is 12.0.